The first kappa shape index (κ1) is 19.7. The number of hydrogen-bond donors (Lipinski definition) is 0. The van der Waals surface area contributed by atoms with Gasteiger partial charge >= 0.3 is 0 Å². The third-order valence-corrected chi connectivity index (χ3v) is 8.26. The number of ether oxygens (including phenoxy) is 2. The van der Waals surface area contributed by atoms with E-state index in [9.17, 15) is 0 Å². The number of aryl methyl sites for hydroxylation is 1. The van der Waals surface area contributed by atoms with Crippen LogP contribution in [0.2, 0.25) is 0 Å². The lowest BCUT2D eigenvalue weighted by molar-refractivity contribution is -0.00126. The lowest BCUT2D eigenvalue weighted by Gasteiger charge is -2.38. The minimum absolute atomic E-state index is 0.288. The van der Waals surface area contributed by atoms with Crippen molar-refractivity contribution in [1.29, 1.82) is 0 Å². The van der Waals surface area contributed by atoms with Crippen LogP contribution in [0.4, 0.5) is 0 Å². The first-order valence-corrected chi connectivity index (χ1v) is 12.4. The molecule has 3 aliphatic rings. The molecule has 2 aliphatic carbocycles. The van der Waals surface area contributed by atoms with Crippen molar-refractivity contribution >= 4 is 21.6 Å². The van der Waals surface area contributed by atoms with Crippen LogP contribution in [0.5, 0.6) is 5.88 Å². The lowest BCUT2D eigenvalue weighted by Crippen LogP contribution is -2.46. The monoisotopic (exact) mass is 415 g/mol. The molecule has 0 radical (unpaired) electrons. The Balaban J connectivity index is 1.30. The molecule has 5 rings (SSSR count). The van der Waals surface area contributed by atoms with Gasteiger partial charge in [-0.25, -0.2) is 9.97 Å². The summed E-state index contributed by atoms with van der Waals surface area (Å²) >= 11 is 1.87. The Bertz CT molecular complexity index is 825. The van der Waals surface area contributed by atoms with Gasteiger partial charge in [-0.15, -0.1) is 11.3 Å². The summed E-state index contributed by atoms with van der Waals surface area (Å²) in [4.78, 5) is 14.5. The van der Waals surface area contributed by atoms with Crippen molar-refractivity contribution in [3.05, 3.63) is 16.8 Å². The third kappa shape index (κ3) is 4.04. The maximum absolute atomic E-state index is 6.55. The zero-order valence-corrected chi connectivity index (χ0v) is 18.4. The molecule has 158 valence electrons. The number of aromatic nitrogens is 2. The number of nitrogens with zero attached hydrogens (tertiary/aromatic N) is 3. The average molecular weight is 416 g/mol. The molecule has 0 amide bonds. The fourth-order valence-corrected chi connectivity index (χ4v) is 6.73. The van der Waals surface area contributed by atoms with Crippen LogP contribution in [-0.2, 0) is 11.2 Å². The highest BCUT2D eigenvalue weighted by Crippen LogP contribution is 2.47. The minimum atomic E-state index is 0.288. The largest absolute Gasteiger partial charge is 0.474 e. The smallest absolute Gasteiger partial charge is 0.225 e. The number of hydrogen-bond acceptors (Lipinski definition) is 6. The molecule has 2 fully saturated rings. The van der Waals surface area contributed by atoms with Gasteiger partial charge in [0, 0.05) is 24.0 Å². The summed E-state index contributed by atoms with van der Waals surface area (Å²) in [5, 5.41) is 1.24. The van der Waals surface area contributed by atoms with E-state index in [0.717, 1.165) is 49.9 Å². The second-order valence-electron chi connectivity index (χ2n) is 8.87. The van der Waals surface area contributed by atoms with E-state index in [1.165, 1.54) is 60.8 Å². The van der Waals surface area contributed by atoms with Crippen molar-refractivity contribution in [3.8, 4) is 5.88 Å². The normalized spacial score (nSPS) is 28.0. The van der Waals surface area contributed by atoms with E-state index in [1.807, 2.05) is 11.3 Å². The van der Waals surface area contributed by atoms with Gasteiger partial charge in [-0.1, -0.05) is 19.8 Å². The van der Waals surface area contributed by atoms with E-state index < -0.39 is 0 Å². The van der Waals surface area contributed by atoms with Crippen molar-refractivity contribution in [2.24, 2.45) is 0 Å². The molecule has 6 heteroatoms. The summed E-state index contributed by atoms with van der Waals surface area (Å²) in [6.45, 7) is 6.23. The first-order chi connectivity index (χ1) is 14.3. The van der Waals surface area contributed by atoms with Crippen LogP contribution in [0.1, 0.15) is 74.6 Å². The minimum Gasteiger partial charge on any atom is -0.474 e. The summed E-state index contributed by atoms with van der Waals surface area (Å²) in [5.74, 6) is 1.52. The summed E-state index contributed by atoms with van der Waals surface area (Å²) in [6.07, 6.45) is 13.0. The van der Waals surface area contributed by atoms with Crippen LogP contribution in [-0.4, -0.2) is 53.3 Å². The van der Waals surface area contributed by atoms with Crippen LogP contribution in [0.25, 0.3) is 10.2 Å². The van der Waals surface area contributed by atoms with Crippen LogP contribution in [0.3, 0.4) is 0 Å². The SMILES string of the molecule is CCCC[C@H]1CCc2sc3ncnc(OC4CCC(N5CCOCC5)CC4)c3c21. The molecule has 2 aromatic heterocycles. The molecule has 5 nitrogen and oxygen atoms in total. The third-order valence-electron chi connectivity index (χ3n) is 7.09. The Kier molecular flexibility index (Phi) is 6.02. The van der Waals surface area contributed by atoms with Crippen molar-refractivity contribution in [2.75, 3.05) is 26.3 Å². The summed E-state index contributed by atoms with van der Waals surface area (Å²) < 4.78 is 12.1. The van der Waals surface area contributed by atoms with Gasteiger partial charge < -0.3 is 9.47 Å². The molecular formula is C23H33N3O2S. The van der Waals surface area contributed by atoms with Crippen LogP contribution >= 0.6 is 11.3 Å². The van der Waals surface area contributed by atoms with Crippen molar-refractivity contribution in [3.63, 3.8) is 0 Å². The van der Waals surface area contributed by atoms with E-state index in [2.05, 4.69) is 21.8 Å². The van der Waals surface area contributed by atoms with E-state index in [1.54, 1.807) is 6.33 Å². The Labute approximate surface area is 177 Å². The van der Waals surface area contributed by atoms with Gasteiger partial charge in [0.15, 0.2) is 0 Å². The Hall–Kier alpha value is -1.24. The predicted molar refractivity (Wildman–Crippen MR) is 117 cm³/mol. The second kappa shape index (κ2) is 8.86. The van der Waals surface area contributed by atoms with Crippen molar-refractivity contribution < 1.29 is 9.47 Å². The van der Waals surface area contributed by atoms with Gasteiger partial charge in [0.1, 0.15) is 17.3 Å². The van der Waals surface area contributed by atoms with Gasteiger partial charge in [0.25, 0.3) is 0 Å². The molecule has 2 aromatic rings. The van der Waals surface area contributed by atoms with Gasteiger partial charge in [0.2, 0.25) is 5.88 Å². The van der Waals surface area contributed by atoms with E-state index >= 15 is 0 Å². The number of fused-ring (bicyclic) bond motifs is 3. The summed E-state index contributed by atoms with van der Waals surface area (Å²) in [6, 6.07) is 0.702. The van der Waals surface area contributed by atoms with Crippen molar-refractivity contribution in [1.82, 2.24) is 14.9 Å². The van der Waals surface area contributed by atoms with Gasteiger partial charge in [0.05, 0.1) is 18.6 Å². The molecular weight excluding hydrogens is 382 g/mol. The maximum atomic E-state index is 6.55. The highest BCUT2D eigenvalue weighted by atomic mass is 32.1. The standard InChI is InChI=1S/C23H33N3O2S/c1-2-3-4-16-5-10-19-20(16)21-22(24-15-25-23(21)29-19)28-18-8-6-17(7-9-18)26-11-13-27-14-12-26/h15-18H,2-14H2,1H3/t16-,17?,18?/m0/s1. The molecule has 0 N–H and O–H groups in total. The molecule has 1 aliphatic heterocycles. The topological polar surface area (TPSA) is 47.5 Å². The molecule has 0 unspecified atom stereocenters. The summed E-state index contributed by atoms with van der Waals surface area (Å²) in [7, 11) is 0. The van der Waals surface area contributed by atoms with E-state index in [-0.39, 0.29) is 6.10 Å². The Morgan fingerprint density at radius 2 is 1.97 bits per heavy atom. The number of unbranched alkanes of at least 4 members (excludes halogenated alkanes) is 1. The molecule has 1 saturated heterocycles. The Morgan fingerprint density at radius 3 is 2.76 bits per heavy atom. The molecule has 1 saturated carbocycles. The lowest BCUT2D eigenvalue weighted by atomic mass is 9.91. The zero-order chi connectivity index (χ0) is 19.6. The fraction of sp³-hybridized carbons (Fsp3) is 0.739. The fourth-order valence-electron chi connectivity index (χ4n) is 5.50. The highest BCUT2D eigenvalue weighted by molar-refractivity contribution is 7.19. The number of morpholine rings is 1. The predicted octanol–water partition coefficient (Wildman–Crippen LogP) is 4.93. The van der Waals surface area contributed by atoms with Gasteiger partial charge in [-0.2, -0.15) is 0 Å². The second-order valence-corrected chi connectivity index (χ2v) is 9.96. The number of thiophene rings is 1. The average Bonchev–Trinajstić information content (AvgIpc) is 3.33. The Morgan fingerprint density at radius 1 is 1.14 bits per heavy atom. The van der Waals surface area contributed by atoms with Crippen LogP contribution in [0, 0.1) is 0 Å². The highest BCUT2D eigenvalue weighted by Gasteiger charge is 2.32. The number of rotatable bonds is 6. The van der Waals surface area contributed by atoms with Gasteiger partial charge in [-0.05, 0) is 56.4 Å². The molecule has 0 spiro atoms. The van der Waals surface area contributed by atoms with Crippen molar-refractivity contribution in [2.45, 2.75) is 82.8 Å². The zero-order valence-electron chi connectivity index (χ0n) is 17.6. The van der Waals surface area contributed by atoms with Crippen LogP contribution < -0.4 is 4.74 Å². The quantitative estimate of drug-likeness (QED) is 0.669. The molecule has 3 heterocycles. The first-order valence-electron chi connectivity index (χ1n) is 11.6. The molecule has 0 aromatic carbocycles. The summed E-state index contributed by atoms with van der Waals surface area (Å²) in [5.41, 5.74) is 1.52. The van der Waals surface area contributed by atoms with E-state index in [0.29, 0.717) is 12.0 Å². The van der Waals surface area contributed by atoms with Gasteiger partial charge in [-0.3, -0.25) is 4.90 Å². The maximum Gasteiger partial charge on any atom is 0.225 e. The van der Waals surface area contributed by atoms with E-state index in [4.69, 9.17) is 9.47 Å². The van der Waals surface area contributed by atoms with Crippen LogP contribution in [0.15, 0.2) is 6.33 Å². The molecule has 0 bridgehead atoms. The molecule has 1 atom stereocenters. The molecule has 29 heavy (non-hydrogen) atoms.